The van der Waals surface area contributed by atoms with E-state index >= 15 is 0 Å². The van der Waals surface area contributed by atoms with Gasteiger partial charge < -0.3 is 14.8 Å². The van der Waals surface area contributed by atoms with Gasteiger partial charge in [0.2, 0.25) is 0 Å². The Morgan fingerprint density at radius 2 is 2.04 bits per heavy atom. The predicted octanol–water partition coefficient (Wildman–Crippen LogP) is 4.04. The molecule has 1 unspecified atom stereocenters. The fourth-order valence-corrected chi connectivity index (χ4v) is 3.07. The van der Waals surface area contributed by atoms with E-state index in [0.29, 0.717) is 12.2 Å². The van der Waals surface area contributed by atoms with Crippen LogP contribution in [-0.2, 0) is 4.74 Å². The lowest BCUT2D eigenvalue weighted by molar-refractivity contribution is 0.0679. The van der Waals surface area contributed by atoms with Crippen LogP contribution in [0.15, 0.2) is 60.8 Å². The molecule has 4 rings (SSSR count). The second-order valence-corrected chi connectivity index (χ2v) is 6.30. The molecule has 2 heterocycles. The number of aromatic nitrogens is 1. The first kappa shape index (κ1) is 16.5. The molecule has 0 bridgehead atoms. The molecular weight excluding hydrogens is 328 g/mol. The second-order valence-electron chi connectivity index (χ2n) is 6.30. The maximum absolute atomic E-state index is 12.5. The molecule has 1 amide bonds. The minimum Gasteiger partial charge on any atom is -0.491 e. The number of carbonyl (C=O) groups is 1. The maximum atomic E-state index is 12.5. The summed E-state index contributed by atoms with van der Waals surface area (Å²) in [6, 6.07) is 16.6. The molecule has 132 valence electrons. The molecule has 1 fully saturated rings. The first-order valence-electron chi connectivity index (χ1n) is 8.79. The van der Waals surface area contributed by atoms with Crippen molar-refractivity contribution in [2.45, 2.75) is 18.9 Å². The maximum Gasteiger partial charge on any atom is 0.255 e. The lowest BCUT2D eigenvalue weighted by atomic mass is 10.1. The van der Waals surface area contributed by atoms with Crippen LogP contribution in [0.5, 0.6) is 5.75 Å². The van der Waals surface area contributed by atoms with E-state index < -0.39 is 0 Å². The Hall–Kier alpha value is -2.92. The van der Waals surface area contributed by atoms with E-state index in [2.05, 4.69) is 10.3 Å². The van der Waals surface area contributed by atoms with E-state index in [0.717, 1.165) is 41.8 Å². The molecule has 26 heavy (non-hydrogen) atoms. The van der Waals surface area contributed by atoms with Crippen LogP contribution >= 0.6 is 0 Å². The molecule has 5 nitrogen and oxygen atoms in total. The molecular formula is C21H20N2O3. The number of nitrogens with zero attached hydrogens (tertiary/aromatic N) is 1. The van der Waals surface area contributed by atoms with Gasteiger partial charge in [-0.25, -0.2) is 0 Å². The quantitative estimate of drug-likeness (QED) is 0.756. The van der Waals surface area contributed by atoms with Gasteiger partial charge in [0.25, 0.3) is 5.91 Å². The molecule has 0 aliphatic carbocycles. The highest BCUT2D eigenvalue weighted by molar-refractivity contribution is 6.08. The number of hydrogen-bond donors (Lipinski definition) is 1. The van der Waals surface area contributed by atoms with Gasteiger partial charge in [0.1, 0.15) is 12.4 Å². The van der Waals surface area contributed by atoms with Crippen molar-refractivity contribution in [2.75, 3.05) is 18.5 Å². The van der Waals surface area contributed by atoms with Crippen LogP contribution in [-0.4, -0.2) is 30.2 Å². The summed E-state index contributed by atoms with van der Waals surface area (Å²) < 4.78 is 11.3. The summed E-state index contributed by atoms with van der Waals surface area (Å²) in [5, 5.41) is 3.87. The normalized spacial score (nSPS) is 16.5. The van der Waals surface area contributed by atoms with Crippen LogP contribution in [0.2, 0.25) is 0 Å². The van der Waals surface area contributed by atoms with Crippen LogP contribution in [0.3, 0.4) is 0 Å². The van der Waals surface area contributed by atoms with Crippen molar-refractivity contribution < 1.29 is 14.3 Å². The van der Waals surface area contributed by atoms with E-state index in [-0.39, 0.29) is 12.0 Å². The first-order chi connectivity index (χ1) is 12.8. The highest BCUT2D eigenvalue weighted by Crippen LogP contribution is 2.22. The summed E-state index contributed by atoms with van der Waals surface area (Å²) >= 11 is 0. The van der Waals surface area contributed by atoms with Crippen LogP contribution in [0.1, 0.15) is 23.2 Å². The highest BCUT2D eigenvalue weighted by atomic mass is 16.5. The SMILES string of the molecule is O=C(Nc1cccc2ncccc12)c1ccc(OCC2CCCO2)cc1. The topological polar surface area (TPSA) is 60.5 Å². The van der Waals surface area contributed by atoms with Gasteiger partial charge in [0.05, 0.1) is 17.3 Å². The van der Waals surface area contributed by atoms with Crippen LogP contribution < -0.4 is 10.1 Å². The molecule has 1 aromatic heterocycles. The standard InChI is InChI=1S/C21H20N2O3/c24-21(23-20-7-1-6-19-18(20)5-2-12-22-19)15-8-10-16(11-9-15)26-14-17-4-3-13-25-17/h1-2,5-12,17H,3-4,13-14H2,(H,23,24). The number of fused-ring (bicyclic) bond motifs is 1. The van der Waals surface area contributed by atoms with E-state index in [1.807, 2.05) is 42.5 Å². The van der Waals surface area contributed by atoms with E-state index in [1.54, 1.807) is 18.3 Å². The molecule has 1 aliphatic rings. The predicted molar refractivity (Wildman–Crippen MR) is 101 cm³/mol. The Morgan fingerprint density at radius 3 is 2.85 bits per heavy atom. The lowest BCUT2D eigenvalue weighted by Gasteiger charge is -2.12. The number of pyridine rings is 1. The third kappa shape index (κ3) is 3.68. The van der Waals surface area contributed by atoms with Crippen LogP contribution in [0.4, 0.5) is 5.69 Å². The van der Waals surface area contributed by atoms with Crippen molar-refractivity contribution in [2.24, 2.45) is 0 Å². The van der Waals surface area contributed by atoms with Gasteiger partial charge in [-0.3, -0.25) is 9.78 Å². The Balaban J connectivity index is 1.42. The zero-order valence-corrected chi connectivity index (χ0v) is 14.4. The third-order valence-electron chi connectivity index (χ3n) is 4.47. The smallest absolute Gasteiger partial charge is 0.255 e. The Labute approximate surface area is 152 Å². The van der Waals surface area contributed by atoms with Crippen molar-refractivity contribution in [1.82, 2.24) is 4.98 Å². The molecule has 1 saturated heterocycles. The minimum atomic E-state index is -0.160. The molecule has 1 atom stereocenters. The van der Waals surface area contributed by atoms with Crippen molar-refractivity contribution in [3.8, 4) is 5.75 Å². The fourth-order valence-electron chi connectivity index (χ4n) is 3.07. The number of anilines is 1. The average molecular weight is 348 g/mol. The summed E-state index contributed by atoms with van der Waals surface area (Å²) in [5.74, 6) is 0.582. The molecule has 1 aliphatic heterocycles. The molecule has 1 N–H and O–H groups in total. The Morgan fingerprint density at radius 1 is 1.15 bits per heavy atom. The number of ether oxygens (including phenoxy) is 2. The van der Waals surface area contributed by atoms with Crippen molar-refractivity contribution >= 4 is 22.5 Å². The summed E-state index contributed by atoms with van der Waals surface area (Å²) in [6.07, 6.45) is 4.05. The number of benzene rings is 2. The monoisotopic (exact) mass is 348 g/mol. The summed E-state index contributed by atoms with van der Waals surface area (Å²) in [4.78, 5) is 16.9. The van der Waals surface area contributed by atoms with Gasteiger partial charge in [-0.2, -0.15) is 0 Å². The van der Waals surface area contributed by atoms with Gasteiger partial charge in [-0.15, -0.1) is 0 Å². The number of rotatable bonds is 5. The fraction of sp³-hybridized carbons (Fsp3) is 0.238. The van der Waals surface area contributed by atoms with E-state index in [4.69, 9.17) is 9.47 Å². The zero-order valence-electron chi connectivity index (χ0n) is 14.4. The lowest BCUT2D eigenvalue weighted by Crippen LogP contribution is -2.16. The van der Waals surface area contributed by atoms with Gasteiger partial charge in [0.15, 0.2) is 0 Å². The van der Waals surface area contributed by atoms with Crippen LogP contribution in [0, 0.1) is 0 Å². The number of amides is 1. The summed E-state index contributed by atoms with van der Waals surface area (Å²) in [5.41, 5.74) is 2.18. The zero-order chi connectivity index (χ0) is 17.8. The van der Waals surface area contributed by atoms with Crippen molar-refractivity contribution in [3.05, 3.63) is 66.4 Å². The molecule has 5 heteroatoms. The number of nitrogens with one attached hydrogen (secondary N) is 1. The molecule has 0 radical (unpaired) electrons. The van der Waals surface area contributed by atoms with Gasteiger partial charge >= 0.3 is 0 Å². The van der Waals surface area contributed by atoms with Crippen molar-refractivity contribution in [3.63, 3.8) is 0 Å². The highest BCUT2D eigenvalue weighted by Gasteiger charge is 2.16. The van der Waals surface area contributed by atoms with E-state index in [1.165, 1.54) is 0 Å². The molecule has 3 aromatic rings. The summed E-state index contributed by atoms with van der Waals surface area (Å²) in [6.45, 7) is 1.37. The van der Waals surface area contributed by atoms with Gasteiger partial charge in [0, 0.05) is 23.8 Å². The van der Waals surface area contributed by atoms with E-state index in [9.17, 15) is 4.79 Å². The van der Waals surface area contributed by atoms with Crippen LogP contribution in [0.25, 0.3) is 10.9 Å². The number of hydrogen-bond acceptors (Lipinski definition) is 4. The molecule has 2 aromatic carbocycles. The second kappa shape index (κ2) is 7.54. The van der Waals surface area contributed by atoms with Crippen molar-refractivity contribution in [1.29, 1.82) is 0 Å². The largest absolute Gasteiger partial charge is 0.491 e. The Bertz CT molecular complexity index is 897. The minimum absolute atomic E-state index is 0.160. The third-order valence-corrected chi connectivity index (χ3v) is 4.47. The van der Waals surface area contributed by atoms with Gasteiger partial charge in [-0.05, 0) is 61.4 Å². The first-order valence-corrected chi connectivity index (χ1v) is 8.79. The molecule has 0 saturated carbocycles. The Kier molecular flexibility index (Phi) is 4.80. The summed E-state index contributed by atoms with van der Waals surface area (Å²) in [7, 11) is 0. The number of carbonyl (C=O) groups excluding carboxylic acids is 1. The van der Waals surface area contributed by atoms with Gasteiger partial charge in [-0.1, -0.05) is 6.07 Å². The average Bonchev–Trinajstić information content (AvgIpc) is 3.21. The molecule has 0 spiro atoms.